The van der Waals surface area contributed by atoms with Crippen molar-refractivity contribution in [2.45, 2.75) is 58.7 Å². The molecule has 3 aromatic rings. The first-order valence-electron chi connectivity index (χ1n) is 12.6. The van der Waals surface area contributed by atoms with Crippen molar-refractivity contribution in [2.24, 2.45) is 0 Å². The van der Waals surface area contributed by atoms with Crippen molar-refractivity contribution in [2.75, 3.05) is 11.4 Å². The highest BCUT2D eigenvalue weighted by atomic mass is 35.5. The molecule has 0 radical (unpaired) electrons. The Morgan fingerprint density at radius 2 is 1.76 bits per heavy atom. The normalized spacial score (nSPS) is 14.1. The quantitative estimate of drug-likeness (QED) is 0.332. The number of hydrogen-bond acceptors (Lipinski definition) is 3. The van der Waals surface area contributed by atoms with E-state index in [2.05, 4.69) is 5.32 Å². The van der Waals surface area contributed by atoms with Crippen molar-refractivity contribution in [3.63, 3.8) is 0 Å². The van der Waals surface area contributed by atoms with E-state index < -0.39 is 6.04 Å². The largest absolute Gasteiger partial charge is 0.352 e. The Morgan fingerprint density at radius 3 is 2.46 bits per heavy atom. The Hall–Kier alpha value is -3.09. The third-order valence-electron chi connectivity index (χ3n) is 6.93. The van der Waals surface area contributed by atoms with Gasteiger partial charge in [-0.1, -0.05) is 60.5 Å². The molecule has 4 rings (SSSR count). The van der Waals surface area contributed by atoms with Crippen LogP contribution in [0.4, 0.5) is 5.69 Å². The second-order valence-electron chi connectivity index (χ2n) is 9.51. The molecule has 1 heterocycles. The molecule has 0 aliphatic carbocycles. The van der Waals surface area contributed by atoms with Gasteiger partial charge in [-0.2, -0.15) is 0 Å². The summed E-state index contributed by atoms with van der Waals surface area (Å²) in [5, 5.41) is 5.77. The molecule has 0 fully saturated rings. The first-order chi connectivity index (χ1) is 17.7. The summed E-state index contributed by atoms with van der Waals surface area (Å²) >= 11 is 12.3. The van der Waals surface area contributed by atoms with E-state index in [4.69, 9.17) is 23.2 Å². The number of benzene rings is 3. The molecule has 0 aromatic heterocycles. The molecule has 0 unspecified atom stereocenters. The molecule has 2 atom stereocenters. The van der Waals surface area contributed by atoms with Gasteiger partial charge in [0.2, 0.25) is 11.8 Å². The predicted molar refractivity (Wildman–Crippen MR) is 149 cm³/mol. The second-order valence-corrected chi connectivity index (χ2v) is 10.3. The molecular formula is C29H31Cl2N3O3. The molecule has 1 aliphatic heterocycles. The minimum absolute atomic E-state index is 0.00222. The van der Waals surface area contributed by atoms with Crippen molar-refractivity contribution in [1.29, 1.82) is 0 Å². The minimum atomic E-state index is -0.678. The number of rotatable bonds is 10. The fraction of sp³-hybridized carbons (Fsp3) is 0.345. The third kappa shape index (κ3) is 5.76. The van der Waals surface area contributed by atoms with Crippen LogP contribution in [0.3, 0.4) is 0 Å². The van der Waals surface area contributed by atoms with Gasteiger partial charge in [-0.15, -0.1) is 0 Å². The highest BCUT2D eigenvalue weighted by Crippen LogP contribution is 2.37. The van der Waals surface area contributed by atoms with Gasteiger partial charge in [0.05, 0.1) is 15.7 Å². The minimum Gasteiger partial charge on any atom is -0.352 e. The Bertz CT molecular complexity index is 1340. The molecule has 6 nitrogen and oxygen atoms in total. The van der Waals surface area contributed by atoms with Gasteiger partial charge in [0.25, 0.3) is 5.91 Å². The van der Waals surface area contributed by atoms with E-state index in [0.717, 1.165) is 28.4 Å². The fourth-order valence-corrected chi connectivity index (χ4v) is 4.94. The highest BCUT2D eigenvalue weighted by molar-refractivity contribution is 6.42. The maximum absolute atomic E-state index is 13.4. The van der Waals surface area contributed by atoms with Gasteiger partial charge in [0, 0.05) is 36.5 Å². The van der Waals surface area contributed by atoms with Gasteiger partial charge in [0.15, 0.2) is 0 Å². The van der Waals surface area contributed by atoms with Crippen molar-refractivity contribution in [3.05, 3.63) is 75.8 Å². The van der Waals surface area contributed by atoms with Crippen LogP contribution in [-0.4, -0.2) is 41.2 Å². The van der Waals surface area contributed by atoms with Crippen LogP contribution in [0.5, 0.6) is 0 Å². The summed E-state index contributed by atoms with van der Waals surface area (Å²) in [6, 6.07) is 16.1. The van der Waals surface area contributed by atoms with Crippen molar-refractivity contribution >= 4 is 57.4 Å². The fourth-order valence-electron chi connectivity index (χ4n) is 4.62. The van der Waals surface area contributed by atoms with Gasteiger partial charge in [-0.3, -0.25) is 14.4 Å². The average molecular weight is 540 g/mol. The Kier molecular flexibility index (Phi) is 8.40. The summed E-state index contributed by atoms with van der Waals surface area (Å²) in [6.07, 6.45) is 1.45. The van der Waals surface area contributed by atoms with E-state index in [1.165, 1.54) is 0 Å². The van der Waals surface area contributed by atoms with E-state index in [-0.39, 0.29) is 36.7 Å². The summed E-state index contributed by atoms with van der Waals surface area (Å²) in [7, 11) is 0. The lowest BCUT2D eigenvalue weighted by Gasteiger charge is -2.30. The van der Waals surface area contributed by atoms with Crippen LogP contribution in [0, 0.1) is 0 Å². The molecule has 1 aliphatic rings. The molecule has 3 amide bonds. The highest BCUT2D eigenvalue weighted by Gasteiger charge is 2.30. The number of halogens is 2. The van der Waals surface area contributed by atoms with E-state index in [0.29, 0.717) is 28.6 Å². The second kappa shape index (κ2) is 11.5. The van der Waals surface area contributed by atoms with Crippen molar-refractivity contribution in [1.82, 2.24) is 10.2 Å². The number of amides is 3. The summed E-state index contributed by atoms with van der Waals surface area (Å²) < 4.78 is 0. The van der Waals surface area contributed by atoms with Crippen LogP contribution in [0.2, 0.25) is 10.0 Å². The van der Waals surface area contributed by atoms with Crippen LogP contribution in [-0.2, 0) is 16.1 Å². The molecule has 194 valence electrons. The Morgan fingerprint density at radius 1 is 1.03 bits per heavy atom. The topological polar surface area (TPSA) is 69.7 Å². The van der Waals surface area contributed by atoms with Crippen LogP contribution >= 0.6 is 23.2 Å². The molecule has 0 saturated heterocycles. The molecule has 0 bridgehead atoms. The van der Waals surface area contributed by atoms with E-state index >= 15 is 0 Å². The third-order valence-corrected chi connectivity index (χ3v) is 7.67. The monoisotopic (exact) mass is 539 g/mol. The molecule has 0 spiro atoms. The van der Waals surface area contributed by atoms with E-state index in [1.807, 2.05) is 50.2 Å². The van der Waals surface area contributed by atoms with Crippen LogP contribution in [0.1, 0.15) is 56.0 Å². The number of carbonyl (C=O) groups excluding carboxylic acids is 3. The van der Waals surface area contributed by atoms with Gasteiger partial charge >= 0.3 is 0 Å². The van der Waals surface area contributed by atoms with E-state index in [1.54, 1.807) is 34.9 Å². The molecular weight excluding hydrogens is 509 g/mol. The standard InChI is InChI=1S/C29H31Cl2N3O3/c1-4-18(2)32-28(36)19(3)34(17-20-13-14-23(30)24(31)16-20)26(35)12-7-15-33-25-11-6-9-21-8-5-10-22(27(21)25)29(33)37/h5-6,8-11,13-14,16,18-19H,4,7,12,15,17H2,1-3H3,(H,32,36)/t18-,19-/m0/s1. The summed E-state index contributed by atoms with van der Waals surface area (Å²) in [4.78, 5) is 42.8. The van der Waals surface area contributed by atoms with Crippen LogP contribution in [0.15, 0.2) is 54.6 Å². The molecule has 8 heteroatoms. The first kappa shape index (κ1) is 27.0. The average Bonchev–Trinajstić information content (AvgIpc) is 3.16. The number of hydrogen-bond donors (Lipinski definition) is 1. The predicted octanol–water partition coefficient (Wildman–Crippen LogP) is 6.22. The SMILES string of the molecule is CC[C@H](C)NC(=O)[C@H](C)N(Cc1ccc(Cl)c(Cl)c1)C(=O)CCCN1C(=O)c2cccc3cccc1c23. The van der Waals surface area contributed by atoms with Crippen molar-refractivity contribution < 1.29 is 14.4 Å². The smallest absolute Gasteiger partial charge is 0.258 e. The molecule has 1 N–H and O–H groups in total. The number of anilines is 1. The zero-order valence-electron chi connectivity index (χ0n) is 21.3. The summed E-state index contributed by atoms with van der Waals surface area (Å²) in [5.74, 6) is -0.423. The lowest BCUT2D eigenvalue weighted by Crippen LogP contribution is -2.49. The lowest BCUT2D eigenvalue weighted by atomic mass is 10.1. The van der Waals surface area contributed by atoms with Gasteiger partial charge < -0.3 is 15.1 Å². The summed E-state index contributed by atoms with van der Waals surface area (Å²) in [5.41, 5.74) is 2.35. The number of nitrogens with zero attached hydrogens (tertiary/aromatic N) is 2. The van der Waals surface area contributed by atoms with Gasteiger partial charge in [-0.25, -0.2) is 0 Å². The van der Waals surface area contributed by atoms with Gasteiger partial charge in [0.1, 0.15) is 6.04 Å². The molecule has 3 aromatic carbocycles. The molecule has 37 heavy (non-hydrogen) atoms. The molecule has 0 saturated carbocycles. The zero-order valence-corrected chi connectivity index (χ0v) is 22.8. The van der Waals surface area contributed by atoms with E-state index in [9.17, 15) is 14.4 Å². The Balaban J connectivity index is 1.47. The van der Waals surface area contributed by atoms with Crippen molar-refractivity contribution in [3.8, 4) is 0 Å². The first-order valence-corrected chi connectivity index (χ1v) is 13.3. The maximum Gasteiger partial charge on any atom is 0.258 e. The number of carbonyl (C=O) groups is 3. The number of nitrogens with one attached hydrogen (secondary N) is 1. The van der Waals surface area contributed by atoms with Crippen LogP contribution in [0.25, 0.3) is 10.8 Å². The van der Waals surface area contributed by atoms with Crippen LogP contribution < -0.4 is 10.2 Å². The summed E-state index contributed by atoms with van der Waals surface area (Å²) in [6.45, 7) is 6.28. The lowest BCUT2D eigenvalue weighted by molar-refractivity contribution is -0.140. The maximum atomic E-state index is 13.4. The Labute approximate surface area is 227 Å². The zero-order chi connectivity index (χ0) is 26.7. The van der Waals surface area contributed by atoms with Gasteiger partial charge in [-0.05, 0) is 61.9 Å².